The van der Waals surface area contributed by atoms with E-state index in [2.05, 4.69) is 10.3 Å². The lowest BCUT2D eigenvalue weighted by Gasteiger charge is -2.41. The number of amides is 2. The van der Waals surface area contributed by atoms with Gasteiger partial charge in [-0.1, -0.05) is 0 Å². The van der Waals surface area contributed by atoms with Gasteiger partial charge in [-0.3, -0.25) is 19.4 Å². The second-order valence-electron chi connectivity index (χ2n) is 5.69. The third kappa shape index (κ3) is 4.44. The molecule has 25 heavy (non-hydrogen) atoms. The van der Waals surface area contributed by atoms with Crippen LogP contribution in [0.5, 0.6) is 5.75 Å². The SMILES string of the molecule is COc1cnc(C)cc1C(=O)N1CC[C@H]2OCC(=O)N[C@H]2C1.O=CO. The molecular formula is C16H21N3O6. The van der Waals surface area contributed by atoms with Gasteiger partial charge in [-0.05, 0) is 19.4 Å². The predicted molar refractivity (Wildman–Crippen MR) is 86.4 cm³/mol. The van der Waals surface area contributed by atoms with Gasteiger partial charge in [0.25, 0.3) is 12.4 Å². The van der Waals surface area contributed by atoms with Crippen molar-refractivity contribution in [2.75, 3.05) is 26.8 Å². The van der Waals surface area contributed by atoms with Gasteiger partial charge in [0.1, 0.15) is 12.4 Å². The van der Waals surface area contributed by atoms with Crippen molar-refractivity contribution in [3.8, 4) is 5.75 Å². The molecule has 136 valence electrons. The van der Waals surface area contributed by atoms with Crippen molar-refractivity contribution in [2.45, 2.75) is 25.5 Å². The Kier molecular flexibility index (Phi) is 6.29. The van der Waals surface area contributed by atoms with E-state index in [9.17, 15) is 9.59 Å². The Morgan fingerprint density at radius 2 is 2.28 bits per heavy atom. The molecule has 0 radical (unpaired) electrons. The number of rotatable bonds is 2. The standard InChI is InChI=1S/C15H19N3O4.CH2O2/c1-9-5-10(13(21-2)6-16-9)15(20)18-4-3-12-11(7-18)17-14(19)8-22-12;2-1-3/h5-6,11-12H,3-4,7-8H2,1-2H3,(H,17,19);1H,(H,2,3)/t11-,12+;/m0./s1. The topological polar surface area (TPSA) is 118 Å². The number of nitrogens with zero attached hydrogens (tertiary/aromatic N) is 2. The third-order valence-electron chi connectivity index (χ3n) is 4.07. The molecule has 2 aliphatic rings. The minimum absolute atomic E-state index is 0.0113. The molecule has 3 rings (SSSR count). The van der Waals surface area contributed by atoms with Crippen LogP contribution >= 0.6 is 0 Å². The van der Waals surface area contributed by atoms with Crippen molar-refractivity contribution in [2.24, 2.45) is 0 Å². The summed E-state index contributed by atoms with van der Waals surface area (Å²) >= 11 is 0. The summed E-state index contributed by atoms with van der Waals surface area (Å²) in [6.07, 6.45) is 2.26. The second kappa shape index (κ2) is 8.43. The van der Waals surface area contributed by atoms with Gasteiger partial charge in [0.15, 0.2) is 0 Å². The Morgan fingerprint density at radius 3 is 2.96 bits per heavy atom. The molecule has 0 aliphatic carbocycles. The number of carboxylic acid groups (broad SMARTS) is 1. The maximum Gasteiger partial charge on any atom is 0.290 e. The monoisotopic (exact) mass is 351 g/mol. The van der Waals surface area contributed by atoms with Gasteiger partial charge in [-0.25, -0.2) is 0 Å². The van der Waals surface area contributed by atoms with E-state index in [0.29, 0.717) is 30.8 Å². The van der Waals surface area contributed by atoms with E-state index in [-0.39, 0.29) is 37.0 Å². The van der Waals surface area contributed by atoms with Gasteiger partial charge < -0.3 is 24.8 Å². The van der Waals surface area contributed by atoms with E-state index in [4.69, 9.17) is 19.4 Å². The first-order valence-electron chi connectivity index (χ1n) is 7.78. The number of aromatic nitrogens is 1. The molecule has 0 unspecified atom stereocenters. The number of fused-ring (bicyclic) bond motifs is 1. The molecule has 9 heteroatoms. The van der Waals surface area contributed by atoms with E-state index in [1.165, 1.54) is 7.11 Å². The minimum atomic E-state index is -0.250. The number of nitrogens with one attached hydrogen (secondary N) is 1. The molecule has 2 fully saturated rings. The van der Waals surface area contributed by atoms with Crippen LogP contribution in [-0.2, 0) is 14.3 Å². The van der Waals surface area contributed by atoms with Gasteiger partial charge in [-0.2, -0.15) is 0 Å². The van der Waals surface area contributed by atoms with Crippen molar-refractivity contribution < 1.29 is 29.0 Å². The lowest BCUT2D eigenvalue weighted by Crippen LogP contribution is -2.61. The van der Waals surface area contributed by atoms with Gasteiger partial charge in [-0.15, -0.1) is 0 Å². The molecule has 9 nitrogen and oxygen atoms in total. The summed E-state index contributed by atoms with van der Waals surface area (Å²) in [6, 6.07) is 1.58. The number of ether oxygens (including phenoxy) is 2. The van der Waals surface area contributed by atoms with Gasteiger partial charge in [0.05, 0.1) is 31.0 Å². The van der Waals surface area contributed by atoms with Crippen LogP contribution in [0.3, 0.4) is 0 Å². The zero-order chi connectivity index (χ0) is 18.4. The highest BCUT2D eigenvalue weighted by atomic mass is 16.5. The van der Waals surface area contributed by atoms with Crippen molar-refractivity contribution in [1.82, 2.24) is 15.2 Å². The van der Waals surface area contributed by atoms with Gasteiger partial charge >= 0.3 is 0 Å². The van der Waals surface area contributed by atoms with Crippen LogP contribution in [0.15, 0.2) is 12.3 Å². The summed E-state index contributed by atoms with van der Waals surface area (Å²) in [4.78, 5) is 38.4. The summed E-state index contributed by atoms with van der Waals surface area (Å²) in [5, 5.41) is 9.78. The molecule has 0 spiro atoms. The van der Waals surface area contributed by atoms with E-state index >= 15 is 0 Å². The van der Waals surface area contributed by atoms with Crippen LogP contribution in [0.2, 0.25) is 0 Å². The van der Waals surface area contributed by atoms with Crippen LogP contribution in [0, 0.1) is 6.92 Å². The quantitative estimate of drug-likeness (QED) is 0.710. The van der Waals surface area contributed by atoms with Crippen LogP contribution in [0.4, 0.5) is 0 Å². The van der Waals surface area contributed by atoms with Crippen molar-refractivity contribution in [3.05, 3.63) is 23.5 Å². The van der Waals surface area contributed by atoms with Crippen molar-refractivity contribution in [1.29, 1.82) is 0 Å². The Bertz CT molecular complexity index is 651. The Labute approximate surface area is 144 Å². The van der Waals surface area contributed by atoms with E-state index in [1.807, 2.05) is 6.92 Å². The normalized spacial score (nSPS) is 22.0. The maximum atomic E-state index is 12.8. The summed E-state index contributed by atoms with van der Waals surface area (Å²) in [6.45, 7) is 2.73. The molecular weight excluding hydrogens is 330 g/mol. The van der Waals surface area contributed by atoms with Crippen LogP contribution in [-0.4, -0.2) is 72.2 Å². The molecule has 3 heterocycles. The number of likely N-dealkylation sites (tertiary alicyclic amines) is 1. The number of pyridine rings is 1. The lowest BCUT2D eigenvalue weighted by atomic mass is 9.99. The van der Waals surface area contributed by atoms with Crippen molar-refractivity contribution in [3.63, 3.8) is 0 Å². The molecule has 0 aromatic carbocycles. The molecule has 2 saturated heterocycles. The highest BCUT2D eigenvalue weighted by Crippen LogP contribution is 2.23. The minimum Gasteiger partial charge on any atom is -0.494 e. The zero-order valence-corrected chi connectivity index (χ0v) is 14.1. The van der Waals surface area contributed by atoms with Gasteiger partial charge in [0.2, 0.25) is 5.91 Å². The molecule has 2 aliphatic heterocycles. The van der Waals surface area contributed by atoms with E-state index in [0.717, 1.165) is 5.69 Å². The number of piperidine rings is 1. The maximum absolute atomic E-state index is 12.8. The molecule has 2 N–H and O–H groups in total. The molecule has 0 saturated carbocycles. The zero-order valence-electron chi connectivity index (χ0n) is 14.1. The lowest BCUT2D eigenvalue weighted by molar-refractivity contribution is -0.139. The number of methoxy groups -OCH3 is 1. The van der Waals surface area contributed by atoms with Crippen LogP contribution in [0.1, 0.15) is 22.5 Å². The molecule has 2 atom stereocenters. The number of carbonyl (C=O) groups is 3. The average Bonchev–Trinajstić information content (AvgIpc) is 2.61. The molecule has 2 amide bonds. The van der Waals surface area contributed by atoms with E-state index < -0.39 is 0 Å². The first kappa shape index (κ1) is 18.7. The number of aryl methyl sites for hydroxylation is 1. The number of hydrogen-bond acceptors (Lipinski definition) is 6. The summed E-state index contributed by atoms with van der Waals surface area (Å²) in [5.41, 5.74) is 1.25. The number of hydrogen-bond donors (Lipinski definition) is 2. The first-order valence-corrected chi connectivity index (χ1v) is 7.78. The van der Waals surface area contributed by atoms with E-state index in [1.54, 1.807) is 17.2 Å². The van der Waals surface area contributed by atoms with Crippen molar-refractivity contribution >= 4 is 18.3 Å². The first-order chi connectivity index (χ1) is 12.0. The Balaban J connectivity index is 0.000000701. The summed E-state index contributed by atoms with van der Waals surface area (Å²) < 4.78 is 10.7. The second-order valence-corrected chi connectivity index (χ2v) is 5.69. The largest absolute Gasteiger partial charge is 0.494 e. The predicted octanol–water partition coefficient (Wildman–Crippen LogP) is -0.171. The Hall–Kier alpha value is -2.68. The summed E-state index contributed by atoms with van der Waals surface area (Å²) in [7, 11) is 1.52. The fraction of sp³-hybridized carbons (Fsp3) is 0.500. The summed E-state index contributed by atoms with van der Waals surface area (Å²) in [5.74, 6) is 0.218. The fourth-order valence-electron chi connectivity index (χ4n) is 2.93. The fourth-order valence-corrected chi connectivity index (χ4v) is 2.93. The molecule has 0 bridgehead atoms. The van der Waals surface area contributed by atoms with Crippen LogP contribution in [0.25, 0.3) is 0 Å². The van der Waals surface area contributed by atoms with Crippen LogP contribution < -0.4 is 10.1 Å². The van der Waals surface area contributed by atoms with Gasteiger partial charge in [0, 0.05) is 18.8 Å². The molecule has 1 aromatic heterocycles. The number of morpholine rings is 1. The average molecular weight is 351 g/mol. The highest BCUT2D eigenvalue weighted by molar-refractivity contribution is 5.97. The smallest absolute Gasteiger partial charge is 0.290 e. The third-order valence-corrected chi connectivity index (χ3v) is 4.07. The highest BCUT2D eigenvalue weighted by Gasteiger charge is 2.37. The molecule has 1 aromatic rings. The Morgan fingerprint density at radius 1 is 1.56 bits per heavy atom. The number of carbonyl (C=O) groups excluding carboxylic acids is 2.